The number of carbonyl (C=O) groups excluding carboxylic acids is 1. The molecule has 2 heterocycles. The molecule has 0 aliphatic carbocycles. The molecule has 0 aromatic carbocycles. The lowest BCUT2D eigenvalue weighted by Gasteiger charge is -2.36. The molecule has 1 aliphatic rings. The second kappa shape index (κ2) is 6.61. The Morgan fingerprint density at radius 3 is 3.00 bits per heavy atom. The van der Waals surface area contributed by atoms with Crippen molar-refractivity contribution >= 4 is 17.2 Å². The number of likely N-dealkylation sites (tertiary alicyclic amines) is 1. The number of aryl methyl sites for hydroxylation is 1. The number of aliphatic hydroxyl groups is 2. The average molecular weight is 307 g/mol. The van der Waals surface area contributed by atoms with Gasteiger partial charge in [0.15, 0.2) is 0 Å². The average Bonchev–Trinajstić information content (AvgIpc) is 2.79. The summed E-state index contributed by atoms with van der Waals surface area (Å²) in [6.07, 6.45) is 2.00. The molecule has 2 rings (SSSR count). The third-order valence-electron chi connectivity index (χ3n) is 3.53. The number of hydrogen-bond acceptors (Lipinski definition) is 4. The van der Waals surface area contributed by atoms with Crippen molar-refractivity contribution in [2.45, 2.75) is 38.7 Å². The molecule has 21 heavy (non-hydrogen) atoms. The Morgan fingerprint density at radius 2 is 2.33 bits per heavy atom. The summed E-state index contributed by atoms with van der Waals surface area (Å²) in [6.45, 7) is 4.83. The molecule has 114 valence electrons. The van der Waals surface area contributed by atoms with Gasteiger partial charge in [0.2, 0.25) is 0 Å². The van der Waals surface area contributed by atoms with E-state index in [9.17, 15) is 9.90 Å². The molecule has 4 nitrogen and oxygen atoms in total. The highest BCUT2D eigenvalue weighted by molar-refractivity contribution is 7.14. The number of β-amino-alcohol motifs (C(OH)–C–C–N with tert-alkyl or cyclic N) is 1. The lowest BCUT2D eigenvalue weighted by molar-refractivity contribution is -0.0105. The number of aliphatic hydroxyl groups excluding tert-OH is 1. The Labute approximate surface area is 129 Å². The summed E-state index contributed by atoms with van der Waals surface area (Å²) in [5.41, 5.74) is 0.196. The maximum Gasteiger partial charge on any atom is 0.264 e. The van der Waals surface area contributed by atoms with Gasteiger partial charge in [-0.25, -0.2) is 0 Å². The van der Waals surface area contributed by atoms with Crippen LogP contribution in [0.25, 0.3) is 0 Å². The summed E-state index contributed by atoms with van der Waals surface area (Å²) >= 11 is 1.38. The Balaban J connectivity index is 2.13. The van der Waals surface area contributed by atoms with Crippen LogP contribution in [0.1, 0.15) is 46.3 Å². The standard InChI is InChI=1S/C16H21NO3S/c1-12-10-14(21-13(12)6-3-4-9-18)15(19)17-8-5-7-16(2,20)11-17/h10,18,20H,4-5,7-9,11H2,1-2H3. The van der Waals surface area contributed by atoms with Crippen LogP contribution >= 0.6 is 11.3 Å². The predicted octanol–water partition coefficient (Wildman–Crippen LogP) is 1.78. The van der Waals surface area contributed by atoms with Crippen LogP contribution in [-0.4, -0.2) is 46.3 Å². The molecule has 1 fully saturated rings. The molecular formula is C16H21NO3S. The number of thiophene rings is 1. The normalized spacial score (nSPS) is 21.8. The smallest absolute Gasteiger partial charge is 0.264 e. The number of piperidine rings is 1. The minimum atomic E-state index is -0.788. The Kier molecular flexibility index (Phi) is 5.04. The van der Waals surface area contributed by atoms with Crippen LogP contribution in [0, 0.1) is 18.8 Å². The van der Waals surface area contributed by atoms with Crippen LogP contribution in [0.15, 0.2) is 6.07 Å². The van der Waals surface area contributed by atoms with E-state index in [0.29, 0.717) is 24.4 Å². The largest absolute Gasteiger partial charge is 0.395 e. The molecule has 0 bridgehead atoms. The Bertz CT molecular complexity index is 580. The quantitative estimate of drug-likeness (QED) is 0.819. The monoisotopic (exact) mass is 307 g/mol. The summed E-state index contributed by atoms with van der Waals surface area (Å²) in [5, 5.41) is 18.8. The molecule has 1 aliphatic heterocycles. The van der Waals surface area contributed by atoms with Gasteiger partial charge in [-0.2, -0.15) is 0 Å². The van der Waals surface area contributed by atoms with Gasteiger partial charge in [0.05, 0.1) is 22.0 Å². The molecule has 2 N–H and O–H groups in total. The predicted molar refractivity (Wildman–Crippen MR) is 83.4 cm³/mol. The number of nitrogens with zero attached hydrogens (tertiary/aromatic N) is 1. The van der Waals surface area contributed by atoms with E-state index in [1.54, 1.807) is 11.8 Å². The highest BCUT2D eigenvalue weighted by Crippen LogP contribution is 2.26. The lowest BCUT2D eigenvalue weighted by atomic mass is 9.95. The van der Waals surface area contributed by atoms with E-state index in [2.05, 4.69) is 11.8 Å². The minimum absolute atomic E-state index is 0.0294. The molecule has 0 spiro atoms. The van der Waals surface area contributed by atoms with Crippen LogP contribution in [0.3, 0.4) is 0 Å². The van der Waals surface area contributed by atoms with Gasteiger partial charge < -0.3 is 15.1 Å². The van der Waals surface area contributed by atoms with Crippen molar-refractivity contribution in [1.82, 2.24) is 4.90 Å². The highest BCUT2D eigenvalue weighted by Gasteiger charge is 2.31. The molecule has 1 unspecified atom stereocenters. The van der Waals surface area contributed by atoms with Crippen molar-refractivity contribution in [3.8, 4) is 11.8 Å². The van der Waals surface area contributed by atoms with E-state index in [1.807, 2.05) is 13.0 Å². The van der Waals surface area contributed by atoms with Crippen LogP contribution in [0.2, 0.25) is 0 Å². The highest BCUT2D eigenvalue weighted by atomic mass is 32.1. The second-order valence-electron chi connectivity index (χ2n) is 5.73. The van der Waals surface area contributed by atoms with Crippen molar-refractivity contribution < 1.29 is 15.0 Å². The number of amides is 1. The number of rotatable bonds is 2. The zero-order chi connectivity index (χ0) is 15.5. The zero-order valence-electron chi connectivity index (χ0n) is 12.5. The summed E-state index contributed by atoms with van der Waals surface area (Å²) in [4.78, 5) is 15.8. The first-order chi connectivity index (χ1) is 9.93. The van der Waals surface area contributed by atoms with Crippen molar-refractivity contribution in [2.75, 3.05) is 19.7 Å². The third-order valence-corrected chi connectivity index (χ3v) is 4.67. The van der Waals surface area contributed by atoms with Gasteiger partial charge in [-0.05, 0) is 38.3 Å². The van der Waals surface area contributed by atoms with E-state index in [4.69, 9.17) is 5.11 Å². The Hall–Kier alpha value is -1.35. The lowest BCUT2D eigenvalue weighted by Crippen LogP contribution is -2.48. The molecule has 1 amide bonds. The minimum Gasteiger partial charge on any atom is -0.395 e. The summed E-state index contributed by atoms with van der Waals surface area (Å²) in [6, 6.07) is 1.86. The summed E-state index contributed by atoms with van der Waals surface area (Å²) in [5.74, 6) is 5.85. The first kappa shape index (κ1) is 16.0. The number of carbonyl (C=O) groups is 1. The number of hydrogen-bond donors (Lipinski definition) is 2. The molecule has 1 aromatic rings. The maximum atomic E-state index is 12.5. The molecule has 0 saturated carbocycles. The Morgan fingerprint density at radius 1 is 1.57 bits per heavy atom. The van der Waals surface area contributed by atoms with E-state index < -0.39 is 5.60 Å². The van der Waals surface area contributed by atoms with Gasteiger partial charge in [-0.1, -0.05) is 11.8 Å². The van der Waals surface area contributed by atoms with Crippen molar-refractivity contribution in [3.63, 3.8) is 0 Å². The van der Waals surface area contributed by atoms with Gasteiger partial charge in [0.1, 0.15) is 0 Å². The first-order valence-electron chi connectivity index (χ1n) is 7.15. The topological polar surface area (TPSA) is 60.8 Å². The van der Waals surface area contributed by atoms with Gasteiger partial charge in [-0.3, -0.25) is 4.79 Å². The maximum absolute atomic E-state index is 12.5. The van der Waals surface area contributed by atoms with Crippen molar-refractivity contribution in [2.24, 2.45) is 0 Å². The van der Waals surface area contributed by atoms with Gasteiger partial charge in [0.25, 0.3) is 5.91 Å². The van der Waals surface area contributed by atoms with E-state index in [-0.39, 0.29) is 12.5 Å². The summed E-state index contributed by atoms with van der Waals surface area (Å²) < 4.78 is 0. The molecule has 1 aromatic heterocycles. The SMILES string of the molecule is Cc1cc(C(=O)N2CCCC(C)(O)C2)sc1C#CCCO. The van der Waals surface area contributed by atoms with Gasteiger partial charge in [0, 0.05) is 19.5 Å². The molecule has 1 atom stereocenters. The summed E-state index contributed by atoms with van der Waals surface area (Å²) in [7, 11) is 0. The van der Waals surface area contributed by atoms with Crippen LogP contribution in [-0.2, 0) is 0 Å². The first-order valence-corrected chi connectivity index (χ1v) is 7.96. The molecule has 1 saturated heterocycles. The molecule has 0 radical (unpaired) electrons. The molecule has 5 heteroatoms. The van der Waals surface area contributed by atoms with Crippen LogP contribution < -0.4 is 0 Å². The fourth-order valence-corrected chi connectivity index (χ4v) is 3.47. The molecular weight excluding hydrogens is 286 g/mol. The van der Waals surface area contributed by atoms with Crippen molar-refractivity contribution in [3.05, 3.63) is 21.4 Å². The fraction of sp³-hybridized carbons (Fsp3) is 0.562. The van der Waals surface area contributed by atoms with Crippen molar-refractivity contribution in [1.29, 1.82) is 0 Å². The van der Waals surface area contributed by atoms with Gasteiger partial charge in [-0.15, -0.1) is 11.3 Å². The zero-order valence-corrected chi connectivity index (χ0v) is 13.3. The van der Waals surface area contributed by atoms with Crippen LogP contribution in [0.5, 0.6) is 0 Å². The fourth-order valence-electron chi connectivity index (χ4n) is 2.46. The van der Waals surface area contributed by atoms with Crippen LogP contribution in [0.4, 0.5) is 0 Å². The second-order valence-corrected chi connectivity index (χ2v) is 6.78. The third kappa shape index (κ3) is 4.07. The van der Waals surface area contributed by atoms with Gasteiger partial charge >= 0.3 is 0 Å². The van der Waals surface area contributed by atoms with E-state index in [1.165, 1.54) is 11.3 Å². The van der Waals surface area contributed by atoms with E-state index in [0.717, 1.165) is 23.3 Å². The van der Waals surface area contributed by atoms with E-state index >= 15 is 0 Å².